The third-order valence-corrected chi connectivity index (χ3v) is 8.20. The molecule has 0 saturated heterocycles. The van der Waals surface area contributed by atoms with E-state index < -0.39 is 16.1 Å². The molecule has 0 bridgehead atoms. The van der Waals surface area contributed by atoms with Gasteiger partial charge in [-0.3, -0.25) is 9.36 Å². The number of carbonyl (C=O) groups is 1. The molecule has 0 spiro atoms. The number of nitrogens with zero attached hydrogens (tertiary/aromatic N) is 2. The van der Waals surface area contributed by atoms with E-state index in [1.165, 1.54) is 41.2 Å². The zero-order valence-corrected chi connectivity index (χ0v) is 21.4. The molecule has 0 saturated carbocycles. The molecule has 4 rings (SSSR count). The second-order valence-electron chi connectivity index (χ2n) is 7.36. The van der Waals surface area contributed by atoms with E-state index in [0.29, 0.717) is 16.6 Å². The summed E-state index contributed by atoms with van der Waals surface area (Å²) in [6, 6.07) is 11.5. The maximum Gasteiger partial charge on any atom is 0.333 e. The summed E-state index contributed by atoms with van der Waals surface area (Å²) in [5.41, 5.74) is 1.69. The Bertz CT molecular complexity index is 1580. The van der Waals surface area contributed by atoms with Crippen molar-refractivity contribution in [1.29, 1.82) is 0 Å². The quantitative estimate of drug-likeness (QED) is 0.294. The summed E-state index contributed by atoms with van der Waals surface area (Å²) in [7, 11) is -4.07. The van der Waals surface area contributed by atoms with Crippen LogP contribution in [0.2, 0.25) is 9.36 Å². The predicted molar refractivity (Wildman–Crippen MR) is 140 cm³/mol. The van der Waals surface area contributed by atoms with Crippen molar-refractivity contribution in [3.63, 3.8) is 0 Å². The van der Waals surface area contributed by atoms with E-state index in [-0.39, 0.29) is 24.8 Å². The molecule has 0 aliphatic rings. The summed E-state index contributed by atoms with van der Waals surface area (Å²) in [5.74, 6) is 0. The van der Waals surface area contributed by atoms with E-state index in [1.54, 1.807) is 6.07 Å². The zero-order chi connectivity index (χ0) is 25.2. The number of nitrogens with one attached hydrogen (secondary N) is 3. The van der Waals surface area contributed by atoms with Gasteiger partial charge in [0.05, 0.1) is 25.9 Å². The Morgan fingerprint density at radius 1 is 1.09 bits per heavy atom. The Kier molecular flexibility index (Phi) is 7.31. The first kappa shape index (κ1) is 25.0. The summed E-state index contributed by atoms with van der Waals surface area (Å²) in [6.45, 7) is 2.87. The molecule has 0 radical (unpaired) electrons. The number of hydrogen-bond donors (Lipinski definition) is 3. The van der Waals surface area contributed by atoms with E-state index in [0.717, 1.165) is 30.0 Å². The topological polar surface area (TPSA) is 122 Å². The molecular weight excluding hydrogens is 533 g/mol. The van der Waals surface area contributed by atoms with Crippen molar-refractivity contribution < 1.29 is 13.2 Å². The van der Waals surface area contributed by atoms with Crippen molar-refractivity contribution in [2.24, 2.45) is 0 Å². The van der Waals surface area contributed by atoms with Crippen LogP contribution in [0.4, 0.5) is 16.2 Å². The number of thiophene rings is 1. The molecule has 3 N–H and O–H groups in total. The lowest BCUT2D eigenvalue weighted by molar-refractivity contribution is 0.256. The third kappa shape index (κ3) is 5.59. The fourth-order valence-corrected chi connectivity index (χ4v) is 5.89. The lowest BCUT2D eigenvalue weighted by Crippen LogP contribution is -2.33. The zero-order valence-electron chi connectivity index (χ0n) is 18.2. The van der Waals surface area contributed by atoms with Crippen molar-refractivity contribution >= 4 is 72.9 Å². The van der Waals surface area contributed by atoms with Crippen LogP contribution in [0.1, 0.15) is 13.3 Å². The molecule has 0 fully saturated rings. The Hall–Kier alpha value is -3.12. The standard InChI is InChI=1S/C22H19Cl2N5O4S2/c1-2-9-25-13-3-5-15-17(11-13)26-12-29(21(15)30)18-6-4-14(10-16(18)23)27-22(31)28-35(32,33)20-8-7-19(24)34-20/h3-8,10-12,25H,2,9H2,1H3,(H2,27,28,31). The van der Waals surface area contributed by atoms with Crippen LogP contribution in [-0.4, -0.2) is 30.5 Å². The van der Waals surface area contributed by atoms with Crippen LogP contribution in [0.25, 0.3) is 16.6 Å². The molecule has 9 nitrogen and oxygen atoms in total. The highest BCUT2D eigenvalue weighted by Gasteiger charge is 2.20. The number of halogens is 2. The Morgan fingerprint density at radius 2 is 1.86 bits per heavy atom. The number of urea groups is 1. The molecule has 2 aromatic carbocycles. The lowest BCUT2D eigenvalue weighted by Gasteiger charge is -2.12. The molecule has 182 valence electrons. The van der Waals surface area contributed by atoms with Gasteiger partial charge in [0.15, 0.2) is 0 Å². The normalized spacial score (nSPS) is 11.4. The Labute approximate surface area is 214 Å². The van der Waals surface area contributed by atoms with Gasteiger partial charge in [-0.15, -0.1) is 11.3 Å². The Morgan fingerprint density at radius 3 is 2.54 bits per heavy atom. The number of amides is 2. The molecule has 35 heavy (non-hydrogen) atoms. The van der Waals surface area contributed by atoms with Gasteiger partial charge in [0.25, 0.3) is 15.6 Å². The molecule has 13 heteroatoms. The van der Waals surface area contributed by atoms with E-state index in [2.05, 4.69) is 22.5 Å². The minimum atomic E-state index is -4.07. The maximum atomic E-state index is 13.1. The number of benzene rings is 2. The highest BCUT2D eigenvalue weighted by atomic mass is 35.5. The van der Waals surface area contributed by atoms with Crippen LogP contribution < -0.4 is 20.9 Å². The van der Waals surface area contributed by atoms with Gasteiger partial charge < -0.3 is 10.6 Å². The second kappa shape index (κ2) is 10.2. The smallest absolute Gasteiger partial charge is 0.333 e. The first-order valence-electron chi connectivity index (χ1n) is 10.3. The number of aromatic nitrogens is 2. The van der Waals surface area contributed by atoms with Gasteiger partial charge in [0.1, 0.15) is 10.5 Å². The van der Waals surface area contributed by atoms with Gasteiger partial charge in [-0.05, 0) is 55.0 Å². The van der Waals surface area contributed by atoms with Crippen LogP contribution in [0.15, 0.2) is 63.9 Å². The summed E-state index contributed by atoms with van der Waals surface area (Å²) >= 11 is 13.0. The third-order valence-electron chi connectivity index (χ3n) is 4.84. The van der Waals surface area contributed by atoms with Crippen molar-refractivity contribution in [1.82, 2.24) is 14.3 Å². The first-order chi connectivity index (χ1) is 16.7. The van der Waals surface area contributed by atoms with Crippen LogP contribution >= 0.6 is 34.5 Å². The second-order valence-corrected chi connectivity index (χ2v) is 11.4. The molecular formula is C22H19Cl2N5O4S2. The summed E-state index contributed by atoms with van der Waals surface area (Å²) in [5, 5.41) is 6.24. The number of sulfonamides is 1. The summed E-state index contributed by atoms with van der Waals surface area (Å²) < 4.78 is 27.9. The molecule has 0 aliphatic carbocycles. The van der Waals surface area contributed by atoms with E-state index in [1.807, 2.05) is 16.9 Å². The minimum absolute atomic E-state index is 0.0949. The highest BCUT2D eigenvalue weighted by Crippen LogP contribution is 2.26. The van der Waals surface area contributed by atoms with Gasteiger partial charge >= 0.3 is 6.03 Å². The van der Waals surface area contributed by atoms with Gasteiger partial charge in [0, 0.05) is 17.9 Å². The molecule has 0 atom stereocenters. The average Bonchev–Trinajstić information content (AvgIpc) is 3.25. The van der Waals surface area contributed by atoms with E-state index in [4.69, 9.17) is 23.2 Å². The van der Waals surface area contributed by atoms with Crippen molar-refractivity contribution in [2.45, 2.75) is 17.6 Å². The first-order valence-corrected chi connectivity index (χ1v) is 13.4. The molecule has 2 heterocycles. The predicted octanol–water partition coefficient (Wildman–Crippen LogP) is 5.09. The van der Waals surface area contributed by atoms with Crippen LogP contribution in [-0.2, 0) is 10.0 Å². The van der Waals surface area contributed by atoms with Gasteiger partial charge in [-0.1, -0.05) is 30.1 Å². The highest BCUT2D eigenvalue weighted by molar-refractivity contribution is 7.92. The van der Waals surface area contributed by atoms with Crippen molar-refractivity contribution in [3.8, 4) is 5.69 Å². The molecule has 4 aromatic rings. The van der Waals surface area contributed by atoms with Gasteiger partial charge in [-0.25, -0.2) is 22.9 Å². The number of hydrogen-bond acceptors (Lipinski definition) is 7. The molecule has 2 aromatic heterocycles. The van der Waals surface area contributed by atoms with E-state index >= 15 is 0 Å². The fourth-order valence-electron chi connectivity index (χ4n) is 3.22. The monoisotopic (exact) mass is 551 g/mol. The number of rotatable bonds is 7. The number of anilines is 2. The largest absolute Gasteiger partial charge is 0.385 e. The maximum absolute atomic E-state index is 13.1. The van der Waals surface area contributed by atoms with Gasteiger partial charge in [0.2, 0.25) is 0 Å². The van der Waals surface area contributed by atoms with Gasteiger partial charge in [-0.2, -0.15) is 0 Å². The summed E-state index contributed by atoms with van der Waals surface area (Å²) in [6.07, 6.45) is 2.35. The van der Waals surface area contributed by atoms with Crippen LogP contribution in [0, 0.1) is 0 Å². The lowest BCUT2D eigenvalue weighted by atomic mass is 10.2. The number of fused-ring (bicyclic) bond motifs is 1. The summed E-state index contributed by atoms with van der Waals surface area (Å²) in [4.78, 5) is 29.7. The molecule has 0 unspecified atom stereocenters. The van der Waals surface area contributed by atoms with Crippen LogP contribution in [0.3, 0.4) is 0 Å². The Balaban J connectivity index is 1.54. The number of carbonyl (C=O) groups excluding carboxylic acids is 1. The average molecular weight is 552 g/mol. The van der Waals surface area contributed by atoms with E-state index in [9.17, 15) is 18.0 Å². The fraction of sp³-hybridized carbons (Fsp3) is 0.136. The SMILES string of the molecule is CCCNc1ccc2c(=O)n(-c3ccc(NC(=O)NS(=O)(=O)c4ccc(Cl)s4)cc3Cl)cnc2c1. The van der Waals surface area contributed by atoms with Crippen molar-refractivity contribution in [2.75, 3.05) is 17.2 Å². The van der Waals surface area contributed by atoms with Crippen molar-refractivity contribution in [3.05, 3.63) is 74.6 Å². The minimum Gasteiger partial charge on any atom is -0.385 e. The molecule has 2 amide bonds. The molecule has 0 aliphatic heterocycles. The van der Waals surface area contributed by atoms with Crippen LogP contribution in [0.5, 0.6) is 0 Å².